The second kappa shape index (κ2) is 6.59. The van der Waals surface area contributed by atoms with Gasteiger partial charge in [0.2, 0.25) is 0 Å². The first-order chi connectivity index (χ1) is 11.3. The maximum atomic E-state index is 6.05. The minimum atomic E-state index is 0.409. The fourth-order valence-electron chi connectivity index (χ4n) is 3.71. The Kier molecular flexibility index (Phi) is 4.33. The van der Waals surface area contributed by atoms with Gasteiger partial charge in [-0.25, -0.2) is 4.98 Å². The van der Waals surface area contributed by atoms with E-state index in [4.69, 9.17) is 4.74 Å². The van der Waals surface area contributed by atoms with E-state index in [9.17, 15) is 0 Å². The maximum absolute atomic E-state index is 6.05. The molecule has 3 atom stereocenters. The summed E-state index contributed by atoms with van der Waals surface area (Å²) in [6.07, 6.45) is 2.24. The smallest absolute Gasteiger partial charge is 0.125 e. The molecule has 2 aliphatic rings. The molecule has 2 aromatic rings. The molecular weight excluding hydrogens is 306 g/mol. The lowest BCUT2D eigenvalue weighted by atomic mass is 9.93. The molecule has 0 unspecified atom stereocenters. The highest BCUT2D eigenvalue weighted by Gasteiger charge is 2.43. The normalized spacial score (nSPS) is 27.3. The molecule has 0 amide bonds. The van der Waals surface area contributed by atoms with E-state index in [1.807, 2.05) is 35.7 Å². The van der Waals surface area contributed by atoms with E-state index < -0.39 is 0 Å². The van der Waals surface area contributed by atoms with Gasteiger partial charge in [0, 0.05) is 54.0 Å². The quantitative estimate of drug-likeness (QED) is 0.915. The van der Waals surface area contributed by atoms with Crippen LogP contribution in [0.5, 0.6) is 0 Å². The zero-order chi connectivity index (χ0) is 15.6. The predicted molar refractivity (Wildman–Crippen MR) is 93.8 cm³/mol. The molecule has 122 valence electrons. The summed E-state index contributed by atoms with van der Waals surface area (Å²) in [5.41, 5.74) is 0. The number of hydrogen-bond acceptors (Lipinski definition) is 5. The van der Waals surface area contributed by atoms with Crippen LogP contribution in [0, 0.1) is 18.8 Å². The monoisotopic (exact) mass is 329 g/mol. The van der Waals surface area contributed by atoms with Crippen LogP contribution in [0.2, 0.25) is 0 Å². The van der Waals surface area contributed by atoms with Gasteiger partial charge >= 0.3 is 0 Å². The molecule has 4 nitrogen and oxygen atoms in total. The lowest BCUT2D eigenvalue weighted by Crippen LogP contribution is -2.27. The van der Waals surface area contributed by atoms with Crippen LogP contribution >= 0.6 is 11.3 Å². The van der Waals surface area contributed by atoms with Gasteiger partial charge in [-0.05, 0) is 31.2 Å². The molecule has 4 rings (SSSR count). The van der Waals surface area contributed by atoms with Gasteiger partial charge in [-0.3, -0.25) is 4.90 Å². The highest BCUT2D eigenvalue weighted by Crippen LogP contribution is 2.34. The van der Waals surface area contributed by atoms with Crippen LogP contribution in [-0.2, 0) is 11.3 Å². The maximum Gasteiger partial charge on any atom is 0.125 e. The standard InChI is InChI=1S/C18H23N3OS/c1-13-5-6-15(23-13)9-21-10-16-14(12-22-17(16)11-21)8-20-18-4-2-3-7-19-18/h2-7,14,16-17H,8-12H2,1H3,(H,19,20)/t14-,16+,17+/m0/s1. The van der Waals surface area contributed by atoms with Gasteiger partial charge < -0.3 is 10.1 Å². The van der Waals surface area contributed by atoms with Crippen molar-refractivity contribution in [1.29, 1.82) is 0 Å². The number of aryl methyl sites for hydroxylation is 1. The Hall–Kier alpha value is -1.43. The molecule has 2 aliphatic heterocycles. The zero-order valence-electron chi connectivity index (χ0n) is 13.4. The molecule has 2 aromatic heterocycles. The topological polar surface area (TPSA) is 37.4 Å². The Morgan fingerprint density at radius 2 is 2.26 bits per heavy atom. The second-order valence-corrected chi connectivity index (χ2v) is 7.97. The Morgan fingerprint density at radius 3 is 3.04 bits per heavy atom. The number of rotatable bonds is 5. The molecule has 0 aliphatic carbocycles. The molecular formula is C18H23N3OS. The van der Waals surface area contributed by atoms with E-state index >= 15 is 0 Å². The Balaban J connectivity index is 1.32. The first-order valence-electron chi connectivity index (χ1n) is 8.32. The summed E-state index contributed by atoms with van der Waals surface area (Å²) in [5, 5.41) is 3.46. The molecule has 0 radical (unpaired) electrons. The predicted octanol–water partition coefficient (Wildman–Crippen LogP) is 3.01. The van der Waals surface area contributed by atoms with Crippen molar-refractivity contribution in [2.45, 2.75) is 19.6 Å². The van der Waals surface area contributed by atoms with Crippen LogP contribution in [-0.4, -0.2) is 42.2 Å². The zero-order valence-corrected chi connectivity index (χ0v) is 14.3. The van der Waals surface area contributed by atoms with Gasteiger partial charge in [-0.2, -0.15) is 0 Å². The number of hydrogen-bond donors (Lipinski definition) is 1. The molecule has 1 N–H and O–H groups in total. The average molecular weight is 329 g/mol. The van der Waals surface area contributed by atoms with Gasteiger partial charge in [-0.15, -0.1) is 11.3 Å². The third kappa shape index (κ3) is 3.42. The molecule has 2 saturated heterocycles. The summed E-state index contributed by atoms with van der Waals surface area (Å²) in [7, 11) is 0. The van der Waals surface area contributed by atoms with E-state index in [0.29, 0.717) is 17.9 Å². The van der Waals surface area contributed by atoms with E-state index in [0.717, 1.165) is 38.6 Å². The number of pyridine rings is 1. The van der Waals surface area contributed by atoms with Crippen molar-refractivity contribution in [3.8, 4) is 0 Å². The van der Waals surface area contributed by atoms with Gasteiger partial charge in [-0.1, -0.05) is 6.07 Å². The molecule has 4 heterocycles. The molecule has 0 aromatic carbocycles. The van der Waals surface area contributed by atoms with Crippen molar-refractivity contribution in [3.63, 3.8) is 0 Å². The fraction of sp³-hybridized carbons (Fsp3) is 0.500. The van der Waals surface area contributed by atoms with Gasteiger partial charge in [0.25, 0.3) is 0 Å². The Labute approximate surface area is 141 Å². The van der Waals surface area contributed by atoms with Gasteiger partial charge in [0.05, 0.1) is 12.7 Å². The average Bonchev–Trinajstić information content (AvgIpc) is 3.23. The van der Waals surface area contributed by atoms with Crippen molar-refractivity contribution in [3.05, 3.63) is 46.3 Å². The van der Waals surface area contributed by atoms with Gasteiger partial charge in [0.1, 0.15) is 5.82 Å². The first-order valence-corrected chi connectivity index (χ1v) is 9.14. The number of nitrogens with zero attached hydrogens (tertiary/aromatic N) is 2. The summed E-state index contributed by atoms with van der Waals surface area (Å²) in [5.74, 6) is 2.18. The summed E-state index contributed by atoms with van der Waals surface area (Å²) in [6.45, 7) is 7.29. The first kappa shape index (κ1) is 15.1. The van der Waals surface area contributed by atoms with Crippen LogP contribution in [0.1, 0.15) is 9.75 Å². The van der Waals surface area contributed by atoms with Crippen molar-refractivity contribution >= 4 is 17.2 Å². The fourth-order valence-corrected chi connectivity index (χ4v) is 4.65. The molecule has 0 bridgehead atoms. The number of anilines is 1. The van der Waals surface area contributed by atoms with E-state index in [1.54, 1.807) is 0 Å². The number of ether oxygens (including phenoxy) is 1. The van der Waals surface area contributed by atoms with Crippen LogP contribution in [0.15, 0.2) is 36.5 Å². The minimum absolute atomic E-state index is 0.409. The summed E-state index contributed by atoms with van der Waals surface area (Å²) in [6, 6.07) is 10.5. The van der Waals surface area contributed by atoms with Crippen LogP contribution in [0.25, 0.3) is 0 Å². The van der Waals surface area contributed by atoms with Crippen LogP contribution in [0.4, 0.5) is 5.82 Å². The molecule has 0 spiro atoms. The Morgan fingerprint density at radius 1 is 1.30 bits per heavy atom. The molecule has 23 heavy (non-hydrogen) atoms. The minimum Gasteiger partial charge on any atom is -0.376 e. The third-order valence-corrected chi connectivity index (χ3v) is 5.89. The Bertz CT molecular complexity index is 645. The number of likely N-dealkylation sites (tertiary alicyclic amines) is 1. The highest BCUT2D eigenvalue weighted by molar-refractivity contribution is 7.11. The van der Waals surface area contributed by atoms with Crippen molar-refractivity contribution < 1.29 is 4.74 Å². The summed E-state index contributed by atoms with van der Waals surface area (Å²) < 4.78 is 6.05. The van der Waals surface area contributed by atoms with E-state index in [1.165, 1.54) is 9.75 Å². The SMILES string of the molecule is Cc1ccc(CN2C[C@@H]3[C@@H](CNc4ccccn4)CO[C@@H]3C2)s1. The number of aromatic nitrogens is 1. The van der Waals surface area contributed by atoms with Crippen molar-refractivity contribution in [1.82, 2.24) is 9.88 Å². The largest absolute Gasteiger partial charge is 0.376 e. The number of fused-ring (bicyclic) bond motifs is 1. The molecule has 5 heteroatoms. The van der Waals surface area contributed by atoms with Gasteiger partial charge in [0.15, 0.2) is 0 Å². The van der Waals surface area contributed by atoms with Crippen LogP contribution in [0.3, 0.4) is 0 Å². The summed E-state index contributed by atoms with van der Waals surface area (Å²) >= 11 is 1.91. The molecule has 2 fully saturated rings. The van der Waals surface area contributed by atoms with Crippen LogP contribution < -0.4 is 5.32 Å². The van der Waals surface area contributed by atoms with E-state index in [2.05, 4.69) is 34.3 Å². The lowest BCUT2D eigenvalue weighted by molar-refractivity contribution is 0.0947. The van der Waals surface area contributed by atoms with E-state index in [-0.39, 0.29) is 0 Å². The van der Waals surface area contributed by atoms with Crippen molar-refractivity contribution in [2.24, 2.45) is 11.8 Å². The van der Waals surface area contributed by atoms with Crippen molar-refractivity contribution in [2.75, 3.05) is 31.6 Å². The third-order valence-electron chi connectivity index (χ3n) is 4.90. The highest BCUT2D eigenvalue weighted by atomic mass is 32.1. The lowest BCUT2D eigenvalue weighted by Gasteiger charge is -2.19. The number of thiophene rings is 1. The second-order valence-electron chi connectivity index (χ2n) is 6.60. The number of nitrogens with one attached hydrogen (secondary N) is 1. The molecule has 0 saturated carbocycles. The summed E-state index contributed by atoms with van der Waals surface area (Å²) in [4.78, 5) is 9.75.